The largest absolute Gasteiger partial charge is 0.493 e. The highest BCUT2D eigenvalue weighted by atomic mass is 79.9. The molecule has 0 amide bonds. The van der Waals surface area contributed by atoms with Crippen molar-refractivity contribution in [2.45, 2.75) is 20.0 Å². The van der Waals surface area contributed by atoms with Crippen molar-refractivity contribution in [2.24, 2.45) is 0 Å². The molecule has 0 saturated carbocycles. The van der Waals surface area contributed by atoms with E-state index in [0.29, 0.717) is 24.6 Å². The standard InChI is InChI=1S/C18H19BrN2O3/c1-4-20-14-7-5-6-8-15(14)21(18(20)22)11-12-9-16(23-2)17(24-3)10-13(12)19/h5-10H,4,11H2,1-3H3. The summed E-state index contributed by atoms with van der Waals surface area (Å²) in [6.07, 6.45) is 0. The Hall–Kier alpha value is -2.21. The Bertz CT molecular complexity index is 943. The first-order valence-corrected chi connectivity index (χ1v) is 8.48. The lowest BCUT2D eigenvalue weighted by molar-refractivity contribution is 0.354. The number of aromatic nitrogens is 2. The van der Waals surface area contributed by atoms with Gasteiger partial charge in [0.05, 0.1) is 31.8 Å². The zero-order chi connectivity index (χ0) is 17.3. The molecule has 0 unspecified atom stereocenters. The molecule has 0 aliphatic rings. The number of benzene rings is 2. The number of methoxy groups -OCH3 is 2. The van der Waals surface area contributed by atoms with Gasteiger partial charge in [0, 0.05) is 11.0 Å². The Morgan fingerprint density at radius 2 is 1.58 bits per heavy atom. The molecule has 0 fully saturated rings. The van der Waals surface area contributed by atoms with Crippen LogP contribution in [0.5, 0.6) is 11.5 Å². The summed E-state index contributed by atoms with van der Waals surface area (Å²) in [5, 5.41) is 0. The summed E-state index contributed by atoms with van der Waals surface area (Å²) in [5.41, 5.74) is 2.81. The van der Waals surface area contributed by atoms with Crippen LogP contribution in [0.3, 0.4) is 0 Å². The lowest BCUT2D eigenvalue weighted by atomic mass is 10.2. The van der Waals surface area contributed by atoms with Gasteiger partial charge in [-0.15, -0.1) is 0 Å². The SMILES string of the molecule is CCn1c(=O)n(Cc2cc(OC)c(OC)cc2Br)c2ccccc21. The third-order valence-electron chi connectivity index (χ3n) is 4.12. The fourth-order valence-corrected chi connectivity index (χ4v) is 3.37. The smallest absolute Gasteiger partial charge is 0.329 e. The molecule has 0 atom stereocenters. The highest BCUT2D eigenvalue weighted by molar-refractivity contribution is 9.10. The summed E-state index contributed by atoms with van der Waals surface area (Å²) in [5.74, 6) is 1.29. The van der Waals surface area contributed by atoms with E-state index in [1.54, 1.807) is 23.4 Å². The fourth-order valence-electron chi connectivity index (χ4n) is 2.92. The van der Waals surface area contributed by atoms with Crippen molar-refractivity contribution in [3.63, 3.8) is 0 Å². The van der Waals surface area contributed by atoms with Crippen LogP contribution in [0.2, 0.25) is 0 Å². The summed E-state index contributed by atoms with van der Waals surface area (Å²) in [6.45, 7) is 3.07. The molecule has 1 heterocycles. The Kier molecular flexibility index (Phi) is 4.66. The normalized spacial score (nSPS) is 11.0. The maximum Gasteiger partial charge on any atom is 0.329 e. The van der Waals surface area contributed by atoms with E-state index < -0.39 is 0 Å². The minimum atomic E-state index is -0.0135. The van der Waals surface area contributed by atoms with E-state index in [1.165, 1.54) is 0 Å². The number of halogens is 1. The molecule has 6 heteroatoms. The second-order valence-corrected chi connectivity index (χ2v) is 6.25. The maximum atomic E-state index is 12.8. The Labute approximate surface area is 148 Å². The van der Waals surface area contributed by atoms with Gasteiger partial charge >= 0.3 is 5.69 Å². The monoisotopic (exact) mass is 390 g/mol. The number of hydrogen-bond acceptors (Lipinski definition) is 3. The van der Waals surface area contributed by atoms with Gasteiger partial charge in [0.15, 0.2) is 11.5 Å². The number of nitrogens with zero attached hydrogens (tertiary/aromatic N) is 2. The minimum absolute atomic E-state index is 0.0135. The van der Waals surface area contributed by atoms with E-state index in [9.17, 15) is 4.79 Å². The fraction of sp³-hybridized carbons (Fsp3) is 0.278. The van der Waals surface area contributed by atoms with Crippen molar-refractivity contribution in [3.8, 4) is 11.5 Å². The second-order valence-electron chi connectivity index (χ2n) is 5.40. The average molecular weight is 391 g/mol. The molecule has 0 N–H and O–H groups in total. The van der Waals surface area contributed by atoms with Crippen molar-refractivity contribution >= 4 is 27.0 Å². The van der Waals surface area contributed by atoms with Crippen molar-refractivity contribution in [1.29, 1.82) is 0 Å². The third-order valence-corrected chi connectivity index (χ3v) is 4.86. The number of hydrogen-bond donors (Lipinski definition) is 0. The number of rotatable bonds is 5. The molecule has 3 aromatic rings. The highest BCUT2D eigenvalue weighted by Crippen LogP contribution is 2.33. The van der Waals surface area contributed by atoms with Crippen molar-refractivity contribution < 1.29 is 9.47 Å². The number of aryl methyl sites for hydroxylation is 1. The number of ether oxygens (including phenoxy) is 2. The number of para-hydroxylation sites is 2. The first-order chi connectivity index (χ1) is 11.6. The van der Waals surface area contributed by atoms with Crippen molar-refractivity contribution in [3.05, 3.63) is 56.9 Å². The molecule has 0 bridgehead atoms. The quantitative estimate of drug-likeness (QED) is 0.667. The zero-order valence-corrected chi connectivity index (χ0v) is 15.5. The third kappa shape index (κ3) is 2.71. The lowest BCUT2D eigenvalue weighted by Gasteiger charge is -2.12. The number of imidazole rings is 1. The van der Waals surface area contributed by atoms with Crippen LogP contribution < -0.4 is 15.2 Å². The molecular formula is C18H19BrN2O3. The van der Waals surface area contributed by atoms with Gasteiger partial charge in [0.1, 0.15) is 0 Å². The Morgan fingerprint density at radius 1 is 1.00 bits per heavy atom. The van der Waals surface area contributed by atoms with Gasteiger partial charge in [0.2, 0.25) is 0 Å². The molecule has 0 spiro atoms. The molecule has 0 aliphatic carbocycles. The van der Waals surface area contributed by atoms with Crippen molar-refractivity contribution in [1.82, 2.24) is 9.13 Å². The van der Waals surface area contributed by atoms with Crippen LogP contribution in [0.1, 0.15) is 12.5 Å². The Morgan fingerprint density at radius 3 is 2.17 bits per heavy atom. The first-order valence-electron chi connectivity index (χ1n) is 7.69. The molecule has 0 saturated heterocycles. The average Bonchev–Trinajstić information content (AvgIpc) is 2.87. The predicted molar refractivity (Wildman–Crippen MR) is 98.2 cm³/mol. The van der Waals surface area contributed by atoms with E-state index in [0.717, 1.165) is 21.1 Å². The predicted octanol–water partition coefficient (Wildman–Crippen LogP) is 3.65. The van der Waals surface area contributed by atoms with Gasteiger partial charge in [-0.2, -0.15) is 0 Å². The molecule has 1 aromatic heterocycles. The van der Waals surface area contributed by atoms with Crippen LogP contribution in [-0.2, 0) is 13.1 Å². The van der Waals surface area contributed by atoms with Gasteiger partial charge in [-0.3, -0.25) is 9.13 Å². The van der Waals surface area contributed by atoms with Crippen LogP contribution in [0.25, 0.3) is 11.0 Å². The van der Waals surface area contributed by atoms with Gasteiger partial charge in [0.25, 0.3) is 0 Å². The van der Waals surface area contributed by atoms with Crippen LogP contribution in [0, 0.1) is 0 Å². The van der Waals surface area contributed by atoms with Crippen molar-refractivity contribution in [2.75, 3.05) is 14.2 Å². The molecule has 0 aliphatic heterocycles. The van der Waals surface area contributed by atoms with Crippen LogP contribution in [0.4, 0.5) is 0 Å². The summed E-state index contributed by atoms with van der Waals surface area (Å²) in [7, 11) is 3.20. The lowest BCUT2D eigenvalue weighted by Crippen LogP contribution is -2.24. The second kappa shape index (κ2) is 6.73. The molecular weight excluding hydrogens is 372 g/mol. The van der Waals surface area contributed by atoms with E-state index in [4.69, 9.17) is 9.47 Å². The van der Waals surface area contributed by atoms with E-state index in [1.807, 2.05) is 43.3 Å². The zero-order valence-electron chi connectivity index (χ0n) is 13.9. The number of fused-ring (bicyclic) bond motifs is 1. The van der Waals surface area contributed by atoms with Gasteiger partial charge in [-0.25, -0.2) is 4.79 Å². The van der Waals surface area contributed by atoms with Crippen LogP contribution in [0.15, 0.2) is 45.7 Å². The molecule has 2 aromatic carbocycles. The maximum absolute atomic E-state index is 12.8. The summed E-state index contributed by atoms with van der Waals surface area (Å²) in [4.78, 5) is 12.8. The van der Waals surface area contributed by atoms with E-state index in [2.05, 4.69) is 15.9 Å². The molecule has 5 nitrogen and oxygen atoms in total. The van der Waals surface area contributed by atoms with Crippen LogP contribution >= 0.6 is 15.9 Å². The molecule has 126 valence electrons. The van der Waals surface area contributed by atoms with E-state index in [-0.39, 0.29) is 5.69 Å². The molecule has 24 heavy (non-hydrogen) atoms. The molecule has 3 rings (SSSR count). The Balaban J connectivity index is 2.14. The first kappa shape index (κ1) is 16.6. The summed E-state index contributed by atoms with van der Waals surface area (Å²) >= 11 is 3.56. The molecule has 0 radical (unpaired) electrons. The van der Waals surface area contributed by atoms with Crippen LogP contribution in [-0.4, -0.2) is 23.4 Å². The van der Waals surface area contributed by atoms with Gasteiger partial charge in [-0.05, 0) is 36.8 Å². The minimum Gasteiger partial charge on any atom is -0.493 e. The summed E-state index contributed by atoms with van der Waals surface area (Å²) in [6, 6.07) is 11.6. The van der Waals surface area contributed by atoms with Gasteiger partial charge < -0.3 is 9.47 Å². The van der Waals surface area contributed by atoms with E-state index >= 15 is 0 Å². The highest BCUT2D eigenvalue weighted by Gasteiger charge is 2.15. The van der Waals surface area contributed by atoms with Gasteiger partial charge in [-0.1, -0.05) is 28.1 Å². The summed E-state index contributed by atoms with van der Waals surface area (Å²) < 4.78 is 15.1. The topological polar surface area (TPSA) is 45.4 Å².